The van der Waals surface area contributed by atoms with Gasteiger partial charge in [0.2, 0.25) is 6.29 Å². The minimum absolute atomic E-state index is 0.0482. The molecule has 0 amide bonds. The van der Waals surface area contributed by atoms with Crippen LogP contribution in [0.4, 0.5) is 5.00 Å². The molecule has 180 valence electrons. The summed E-state index contributed by atoms with van der Waals surface area (Å²) in [5.41, 5.74) is 15.3. The molecule has 0 bridgehead atoms. The van der Waals surface area contributed by atoms with Gasteiger partial charge in [0.15, 0.2) is 5.84 Å². The van der Waals surface area contributed by atoms with Crippen LogP contribution in [0.2, 0.25) is 0 Å². The average molecular weight is 489 g/mol. The monoisotopic (exact) mass is 488 g/mol. The van der Waals surface area contributed by atoms with E-state index < -0.39 is 6.29 Å². The summed E-state index contributed by atoms with van der Waals surface area (Å²) in [6.07, 6.45) is 2.27. The molecule has 0 saturated heterocycles. The largest absolute Gasteiger partial charge is 0.455 e. The Bertz CT molecular complexity index is 1260. The van der Waals surface area contributed by atoms with Crippen LogP contribution in [-0.4, -0.2) is 22.3 Å². The quantitative estimate of drug-likeness (QED) is 0.0813. The number of nitrogens with two attached hydrogens (primary N) is 2. The van der Waals surface area contributed by atoms with Crippen molar-refractivity contribution in [1.82, 2.24) is 4.98 Å². The van der Waals surface area contributed by atoms with E-state index in [0.29, 0.717) is 22.1 Å². The number of aromatic nitrogens is 1. The highest BCUT2D eigenvalue weighted by Crippen LogP contribution is 2.36. The zero-order chi connectivity index (χ0) is 24.6. The van der Waals surface area contributed by atoms with Crippen LogP contribution in [0.15, 0.2) is 84.0 Å². The third-order valence-corrected chi connectivity index (χ3v) is 6.32. The summed E-state index contributed by atoms with van der Waals surface area (Å²) >= 11 is 1.48. The summed E-state index contributed by atoms with van der Waals surface area (Å²) in [6, 6.07) is 24.7. The molecular formula is C27H28N4O3S. The van der Waals surface area contributed by atoms with E-state index in [2.05, 4.69) is 12.1 Å². The van der Waals surface area contributed by atoms with E-state index in [1.165, 1.54) is 11.3 Å². The maximum Gasteiger partial charge on any atom is 0.241 e. The summed E-state index contributed by atoms with van der Waals surface area (Å²) in [5, 5.41) is 13.4. The van der Waals surface area contributed by atoms with Crippen LogP contribution in [0.5, 0.6) is 11.5 Å². The first-order valence-corrected chi connectivity index (χ1v) is 12.2. The average Bonchev–Trinajstić information content (AvgIpc) is 3.29. The van der Waals surface area contributed by atoms with Crippen molar-refractivity contribution in [1.29, 1.82) is 0 Å². The second kappa shape index (κ2) is 11.4. The second-order valence-electron chi connectivity index (χ2n) is 7.94. The predicted octanol–water partition coefficient (Wildman–Crippen LogP) is 6.13. The smallest absolute Gasteiger partial charge is 0.241 e. The third-order valence-electron chi connectivity index (χ3n) is 5.39. The van der Waals surface area contributed by atoms with Crippen molar-refractivity contribution in [3.05, 3.63) is 84.4 Å². The van der Waals surface area contributed by atoms with Crippen LogP contribution in [0.1, 0.15) is 31.7 Å². The third kappa shape index (κ3) is 6.10. The molecule has 4 aromatic rings. The van der Waals surface area contributed by atoms with Gasteiger partial charge in [0.1, 0.15) is 27.2 Å². The van der Waals surface area contributed by atoms with Crippen molar-refractivity contribution in [3.8, 4) is 33.3 Å². The molecule has 0 aliphatic heterocycles. The van der Waals surface area contributed by atoms with Gasteiger partial charge >= 0.3 is 0 Å². The van der Waals surface area contributed by atoms with Crippen LogP contribution in [0, 0.1) is 0 Å². The van der Waals surface area contributed by atoms with Crippen molar-refractivity contribution in [2.24, 2.45) is 10.9 Å². The lowest BCUT2D eigenvalue weighted by molar-refractivity contribution is -0.00211. The molecule has 0 aliphatic carbocycles. The number of amidine groups is 1. The number of thiazole rings is 1. The molecule has 4 rings (SSSR count). The predicted molar refractivity (Wildman–Crippen MR) is 141 cm³/mol. The van der Waals surface area contributed by atoms with Gasteiger partial charge < -0.3 is 26.1 Å². The van der Waals surface area contributed by atoms with Crippen molar-refractivity contribution in [2.45, 2.75) is 32.5 Å². The molecule has 0 radical (unpaired) electrons. The Morgan fingerprint density at radius 2 is 1.57 bits per heavy atom. The van der Waals surface area contributed by atoms with Gasteiger partial charge in [0.25, 0.3) is 0 Å². The molecule has 1 aromatic heterocycles. The number of nitrogen functional groups attached to an aromatic ring is 1. The zero-order valence-corrected chi connectivity index (χ0v) is 20.2. The highest BCUT2D eigenvalue weighted by atomic mass is 32.1. The van der Waals surface area contributed by atoms with Gasteiger partial charge in [-0.2, -0.15) is 0 Å². The normalized spacial score (nSPS) is 12.3. The molecule has 1 atom stereocenters. The fourth-order valence-corrected chi connectivity index (χ4v) is 4.37. The maximum absolute atomic E-state index is 8.83. The molecule has 7 nitrogen and oxygen atoms in total. The molecule has 35 heavy (non-hydrogen) atoms. The Morgan fingerprint density at radius 3 is 2.17 bits per heavy atom. The summed E-state index contributed by atoms with van der Waals surface area (Å²) in [7, 11) is 0. The highest BCUT2D eigenvalue weighted by molar-refractivity contribution is 7.19. The number of benzene rings is 3. The van der Waals surface area contributed by atoms with E-state index in [9.17, 15) is 0 Å². The summed E-state index contributed by atoms with van der Waals surface area (Å²) in [4.78, 5) is 4.76. The van der Waals surface area contributed by atoms with Gasteiger partial charge in [-0.15, -0.1) is 0 Å². The Balaban J connectivity index is 1.47. The number of rotatable bonds is 10. The first-order valence-electron chi connectivity index (χ1n) is 11.4. The molecular weight excluding hydrogens is 460 g/mol. The van der Waals surface area contributed by atoms with Crippen LogP contribution < -0.4 is 20.9 Å². The molecule has 1 heterocycles. The lowest BCUT2D eigenvalue weighted by atomic mass is 10.1. The van der Waals surface area contributed by atoms with Gasteiger partial charge in [0, 0.05) is 23.1 Å². The minimum atomic E-state index is -0.454. The van der Waals surface area contributed by atoms with Crippen LogP contribution in [0.3, 0.4) is 0 Å². The molecule has 0 saturated carbocycles. The first kappa shape index (κ1) is 24.1. The van der Waals surface area contributed by atoms with E-state index in [1.807, 2.05) is 54.6 Å². The van der Waals surface area contributed by atoms with Crippen molar-refractivity contribution in [3.63, 3.8) is 0 Å². The maximum atomic E-state index is 8.83. The Kier molecular flexibility index (Phi) is 7.84. The van der Waals surface area contributed by atoms with Crippen LogP contribution >= 0.6 is 11.3 Å². The Hall–Kier alpha value is -4.04. The SMILES string of the molecule is CCCCC(Oc1ccc(C(N)=NO)cc1)Oc1ccc(-c2nc(-c3ccccc3)sc2N)cc1. The summed E-state index contributed by atoms with van der Waals surface area (Å²) in [6.45, 7) is 2.12. The second-order valence-corrected chi connectivity index (χ2v) is 8.97. The molecule has 5 N–H and O–H groups in total. The number of anilines is 1. The van der Waals surface area contributed by atoms with E-state index >= 15 is 0 Å². The lowest BCUT2D eigenvalue weighted by Crippen LogP contribution is -2.24. The van der Waals surface area contributed by atoms with E-state index in [-0.39, 0.29) is 5.84 Å². The molecule has 0 fully saturated rings. The summed E-state index contributed by atoms with van der Waals surface area (Å²) in [5.74, 6) is 1.38. The number of hydrogen-bond acceptors (Lipinski definition) is 7. The van der Waals surface area contributed by atoms with Gasteiger partial charge in [-0.25, -0.2) is 4.98 Å². The van der Waals surface area contributed by atoms with E-state index in [1.54, 1.807) is 24.3 Å². The number of unbranched alkanes of at least 4 members (excludes halogenated alkanes) is 1. The van der Waals surface area contributed by atoms with Crippen LogP contribution in [-0.2, 0) is 0 Å². The van der Waals surface area contributed by atoms with Gasteiger partial charge in [-0.3, -0.25) is 0 Å². The molecule has 3 aromatic carbocycles. The standard InChI is InChI=1S/C27H28N4O3S/c1-2-3-9-23(34-22-16-12-19(13-17-22)25(28)31-32)33-21-14-10-18(11-15-21)24-26(29)35-27(30-24)20-7-5-4-6-8-20/h4-8,10-17,23,32H,2-3,9,29H2,1H3,(H2,28,31). The highest BCUT2D eigenvalue weighted by Gasteiger charge is 2.15. The molecule has 1 unspecified atom stereocenters. The number of oxime groups is 1. The van der Waals surface area contributed by atoms with E-state index in [0.717, 1.165) is 41.1 Å². The molecule has 0 aliphatic rings. The topological polar surface area (TPSA) is 116 Å². The van der Waals surface area contributed by atoms with Crippen molar-refractivity contribution < 1.29 is 14.7 Å². The number of ether oxygens (including phenoxy) is 2. The zero-order valence-electron chi connectivity index (χ0n) is 19.4. The fourth-order valence-electron chi connectivity index (χ4n) is 3.51. The molecule has 8 heteroatoms. The number of nitrogens with zero attached hydrogens (tertiary/aromatic N) is 2. The van der Waals surface area contributed by atoms with E-state index in [4.69, 9.17) is 31.1 Å². The Labute approximate surface area is 208 Å². The van der Waals surface area contributed by atoms with Gasteiger partial charge in [-0.05, 0) is 55.0 Å². The Morgan fingerprint density at radius 1 is 0.943 bits per heavy atom. The lowest BCUT2D eigenvalue weighted by Gasteiger charge is -2.21. The number of hydrogen-bond donors (Lipinski definition) is 3. The summed E-state index contributed by atoms with van der Waals surface area (Å²) < 4.78 is 12.2. The van der Waals surface area contributed by atoms with Crippen LogP contribution in [0.25, 0.3) is 21.8 Å². The van der Waals surface area contributed by atoms with Gasteiger partial charge in [0.05, 0.1) is 0 Å². The first-order chi connectivity index (χ1) is 17.1. The molecule has 0 spiro atoms. The van der Waals surface area contributed by atoms with Crippen molar-refractivity contribution >= 4 is 22.2 Å². The minimum Gasteiger partial charge on any atom is -0.455 e. The fraction of sp³-hybridized carbons (Fsp3) is 0.185. The van der Waals surface area contributed by atoms with Crippen molar-refractivity contribution in [2.75, 3.05) is 5.73 Å². The van der Waals surface area contributed by atoms with Gasteiger partial charge in [-0.1, -0.05) is 60.2 Å².